The lowest BCUT2D eigenvalue weighted by molar-refractivity contribution is -0.117. The van der Waals surface area contributed by atoms with Gasteiger partial charge in [0.25, 0.3) is 5.91 Å². The lowest BCUT2D eigenvalue weighted by atomic mass is 9.67. The van der Waals surface area contributed by atoms with Gasteiger partial charge in [0, 0.05) is 23.7 Å². The molecule has 0 fully saturated rings. The molecule has 5 rings (SSSR count). The molecule has 2 N–H and O–H groups in total. The van der Waals surface area contributed by atoms with Gasteiger partial charge in [-0.2, -0.15) is 0 Å². The second-order valence-electron chi connectivity index (χ2n) is 7.33. The zero-order valence-corrected chi connectivity index (χ0v) is 15.3. The molecule has 0 spiro atoms. The molecule has 28 heavy (non-hydrogen) atoms. The normalized spacial score (nSPS) is 22.2. The highest BCUT2D eigenvalue weighted by Gasteiger charge is 2.45. The highest BCUT2D eigenvalue weighted by atomic mass is 16.2. The number of carbonyl (C=O) groups excluding carboxylic acids is 2. The van der Waals surface area contributed by atoms with E-state index in [1.54, 1.807) is 0 Å². The van der Waals surface area contributed by atoms with Gasteiger partial charge in [0.15, 0.2) is 5.78 Å². The van der Waals surface area contributed by atoms with Crippen molar-refractivity contribution in [3.05, 3.63) is 101 Å². The van der Waals surface area contributed by atoms with Gasteiger partial charge in [-0.05, 0) is 29.2 Å². The average Bonchev–Trinajstić information content (AvgIpc) is 2.73. The number of nitrogens with one attached hydrogen (secondary N) is 2. The fourth-order valence-electron chi connectivity index (χ4n) is 4.42. The molecule has 2 aromatic rings. The monoisotopic (exact) mass is 368 g/mol. The molecule has 0 bridgehead atoms. The van der Waals surface area contributed by atoms with Crippen LogP contribution in [0.25, 0.3) is 5.57 Å². The van der Waals surface area contributed by atoms with Crippen LogP contribution in [0.2, 0.25) is 0 Å². The Kier molecular flexibility index (Phi) is 3.97. The van der Waals surface area contributed by atoms with Crippen molar-refractivity contribution in [3.63, 3.8) is 0 Å². The lowest BCUT2D eigenvalue weighted by Crippen LogP contribution is -2.46. The van der Waals surface area contributed by atoms with Gasteiger partial charge >= 0.3 is 0 Å². The Morgan fingerprint density at radius 2 is 1.68 bits per heavy atom. The van der Waals surface area contributed by atoms with Crippen LogP contribution in [-0.2, 0) is 11.2 Å². The molecule has 2 aromatic carbocycles. The Balaban J connectivity index is 1.57. The standard InChI is InChI=1S/C24H20N2O2/c27-23-17-10-5-4-9-16(17)21-20-18(23)11-6-12-19(20)26-24(28)22(21)25-14-13-15-7-2-1-3-8-15/h1-12,18,20,25H,13-14H2,(H,26,28). The van der Waals surface area contributed by atoms with Crippen molar-refractivity contribution < 1.29 is 9.59 Å². The summed E-state index contributed by atoms with van der Waals surface area (Å²) in [6, 6.07) is 17.8. The first kappa shape index (κ1) is 16.8. The second-order valence-corrected chi connectivity index (χ2v) is 7.33. The molecule has 0 saturated heterocycles. The lowest BCUT2D eigenvalue weighted by Gasteiger charge is -2.40. The molecule has 4 nitrogen and oxygen atoms in total. The van der Waals surface area contributed by atoms with Crippen LogP contribution in [0.1, 0.15) is 21.5 Å². The highest BCUT2D eigenvalue weighted by molar-refractivity contribution is 6.14. The molecule has 1 amide bonds. The number of allylic oxidation sites excluding steroid dienone is 4. The van der Waals surface area contributed by atoms with Crippen LogP contribution in [0, 0.1) is 11.8 Å². The third-order valence-electron chi connectivity index (χ3n) is 5.70. The second kappa shape index (κ2) is 6.64. The highest BCUT2D eigenvalue weighted by Crippen LogP contribution is 2.47. The van der Waals surface area contributed by atoms with Gasteiger partial charge in [0.05, 0.1) is 5.92 Å². The fraction of sp³-hybridized carbons (Fsp3) is 0.167. The Morgan fingerprint density at radius 1 is 0.929 bits per heavy atom. The largest absolute Gasteiger partial charge is 0.380 e. The number of amides is 1. The molecular formula is C24H20N2O2. The molecule has 1 heterocycles. The predicted octanol–water partition coefficient (Wildman–Crippen LogP) is 3.24. The quantitative estimate of drug-likeness (QED) is 0.871. The van der Waals surface area contributed by atoms with E-state index in [1.165, 1.54) is 5.56 Å². The van der Waals surface area contributed by atoms with Gasteiger partial charge in [0.1, 0.15) is 5.70 Å². The number of carbonyl (C=O) groups is 2. The summed E-state index contributed by atoms with van der Waals surface area (Å²) < 4.78 is 0. The van der Waals surface area contributed by atoms with Gasteiger partial charge in [-0.25, -0.2) is 0 Å². The van der Waals surface area contributed by atoms with E-state index >= 15 is 0 Å². The van der Waals surface area contributed by atoms with E-state index in [0.29, 0.717) is 17.8 Å². The fourth-order valence-corrected chi connectivity index (χ4v) is 4.42. The maximum absolute atomic E-state index is 13.0. The zero-order chi connectivity index (χ0) is 19.1. The van der Waals surface area contributed by atoms with E-state index in [9.17, 15) is 9.59 Å². The topological polar surface area (TPSA) is 58.2 Å². The minimum absolute atomic E-state index is 0.117. The molecule has 0 saturated carbocycles. The molecule has 2 aliphatic carbocycles. The third-order valence-corrected chi connectivity index (χ3v) is 5.70. The number of rotatable bonds is 4. The van der Waals surface area contributed by atoms with Crippen molar-refractivity contribution >= 4 is 17.3 Å². The van der Waals surface area contributed by atoms with Crippen LogP contribution >= 0.6 is 0 Å². The Labute approximate surface area is 163 Å². The summed E-state index contributed by atoms with van der Waals surface area (Å²) in [4.78, 5) is 25.9. The smallest absolute Gasteiger partial charge is 0.271 e. The Morgan fingerprint density at radius 3 is 2.50 bits per heavy atom. The maximum Gasteiger partial charge on any atom is 0.271 e. The molecule has 138 valence electrons. The van der Waals surface area contributed by atoms with Crippen LogP contribution in [0.15, 0.2) is 84.2 Å². The number of benzene rings is 2. The molecule has 0 aromatic heterocycles. The van der Waals surface area contributed by atoms with Crippen LogP contribution in [-0.4, -0.2) is 18.2 Å². The van der Waals surface area contributed by atoms with E-state index in [0.717, 1.165) is 23.3 Å². The van der Waals surface area contributed by atoms with Crippen molar-refractivity contribution in [3.8, 4) is 0 Å². The summed E-state index contributed by atoms with van der Waals surface area (Å²) in [6.45, 7) is 0.651. The Bertz CT molecular complexity index is 1060. The first-order chi connectivity index (χ1) is 13.7. The van der Waals surface area contributed by atoms with E-state index < -0.39 is 0 Å². The zero-order valence-electron chi connectivity index (χ0n) is 15.3. The number of hydrogen-bond acceptors (Lipinski definition) is 3. The van der Waals surface area contributed by atoms with Gasteiger partial charge in [0.2, 0.25) is 0 Å². The summed E-state index contributed by atoms with van der Waals surface area (Å²) >= 11 is 0. The summed E-state index contributed by atoms with van der Waals surface area (Å²) in [5.41, 5.74) is 5.11. The minimum atomic E-state index is -0.267. The molecule has 3 aliphatic rings. The summed E-state index contributed by atoms with van der Waals surface area (Å²) in [5.74, 6) is -0.421. The molecule has 2 atom stereocenters. The third kappa shape index (κ3) is 2.61. The van der Waals surface area contributed by atoms with Gasteiger partial charge in [-0.1, -0.05) is 66.7 Å². The first-order valence-electron chi connectivity index (χ1n) is 9.59. The van der Waals surface area contributed by atoms with Gasteiger partial charge < -0.3 is 10.6 Å². The number of fused-ring (bicyclic) bond motifs is 2. The van der Waals surface area contributed by atoms with Crippen LogP contribution < -0.4 is 10.6 Å². The average molecular weight is 368 g/mol. The van der Waals surface area contributed by atoms with Crippen LogP contribution in [0.5, 0.6) is 0 Å². The summed E-state index contributed by atoms with van der Waals surface area (Å²) in [6.07, 6.45) is 6.54. The van der Waals surface area contributed by atoms with E-state index in [2.05, 4.69) is 22.8 Å². The van der Waals surface area contributed by atoms with E-state index in [4.69, 9.17) is 0 Å². The van der Waals surface area contributed by atoms with E-state index in [1.807, 2.05) is 60.7 Å². The number of Topliss-reactive ketones (excluding diaryl/α,β-unsaturated/α-hetero) is 1. The van der Waals surface area contributed by atoms with Crippen molar-refractivity contribution in [2.24, 2.45) is 11.8 Å². The number of ketones is 1. The molecule has 0 radical (unpaired) electrons. The number of hydrogen-bond donors (Lipinski definition) is 2. The molecule has 4 heteroatoms. The van der Waals surface area contributed by atoms with Crippen molar-refractivity contribution in [1.82, 2.24) is 10.6 Å². The molecular weight excluding hydrogens is 348 g/mol. The van der Waals surface area contributed by atoms with E-state index in [-0.39, 0.29) is 23.5 Å². The maximum atomic E-state index is 13.0. The van der Waals surface area contributed by atoms with Crippen molar-refractivity contribution in [2.45, 2.75) is 6.42 Å². The minimum Gasteiger partial charge on any atom is -0.380 e. The first-order valence-corrected chi connectivity index (χ1v) is 9.59. The van der Waals surface area contributed by atoms with Crippen molar-refractivity contribution in [2.75, 3.05) is 6.54 Å². The van der Waals surface area contributed by atoms with Crippen molar-refractivity contribution in [1.29, 1.82) is 0 Å². The van der Waals surface area contributed by atoms with Crippen LogP contribution in [0.4, 0.5) is 0 Å². The molecule has 1 aliphatic heterocycles. The van der Waals surface area contributed by atoms with Gasteiger partial charge in [-0.15, -0.1) is 0 Å². The predicted molar refractivity (Wildman–Crippen MR) is 108 cm³/mol. The van der Waals surface area contributed by atoms with Crippen LogP contribution in [0.3, 0.4) is 0 Å². The SMILES string of the molecule is O=C1NC2=CC=CC3C(=O)c4ccccc4C(=C1NCCc1ccccc1)C23. The van der Waals surface area contributed by atoms with Gasteiger partial charge in [-0.3, -0.25) is 9.59 Å². The Hall–Kier alpha value is -3.40. The summed E-state index contributed by atoms with van der Waals surface area (Å²) in [5, 5.41) is 6.36. The summed E-state index contributed by atoms with van der Waals surface area (Å²) in [7, 11) is 0. The molecule has 2 unspecified atom stereocenters.